The smallest absolute Gasteiger partial charge is 0.325 e. The summed E-state index contributed by atoms with van der Waals surface area (Å²) in [7, 11) is 0. The minimum Gasteiger partial charge on any atom is -0.465 e. The Hall–Kier alpha value is -2.38. The van der Waals surface area contributed by atoms with Gasteiger partial charge in [-0.25, -0.2) is 0 Å². The van der Waals surface area contributed by atoms with Crippen LogP contribution in [-0.4, -0.2) is 36.4 Å². The molecule has 7 heteroatoms. The Labute approximate surface area is 176 Å². The molecule has 2 aromatic rings. The van der Waals surface area contributed by atoms with E-state index in [0.29, 0.717) is 16.2 Å². The predicted molar refractivity (Wildman–Crippen MR) is 114 cm³/mol. The molecular formula is C21H20BrNO4S. The number of carbonyl (C=O) groups is 3. The average molecular weight is 462 g/mol. The van der Waals surface area contributed by atoms with Crippen molar-refractivity contribution < 1.29 is 19.1 Å². The monoisotopic (exact) mass is 461 g/mol. The van der Waals surface area contributed by atoms with Crippen LogP contribution < -0.4 is 5.32 Å². The Morgan fingerprint density at radius 3 is 2.36 bits per heavy atom. The summed E-state index contributed by atoms with van der Waals surface area (Å²) in [5, 5.41) is 3.33. The first-order chi connectivity index (χ1) is 13.5. The standard InChI is InChI=1S/C21H20BrNO4S/c1-2-27-21(26)13-23-20(12-18(24)16-8-10-17(22)11-9-16)28-14-19(25)15-6-4-3-5-7-15/h3-12,23H,2,13-14H2,1H3/b20-12+. The zero-order valence-corrected chi connectivity index (χ0v) is 17.7. The van der Waals surface area contributed by atoms with Gasteiger partial charge in [-0.05, 0) is 31.2 Å². The van der Waals surface area contributed by atoms with E-state index in [4.69, 9.17) is 4.74 Å². The number of benzene rings is 2. The summed E-state index contributed by atoms with van der Waals surface area (Å²) in [4.78, 5) is 36.5. The summed E-state index contributed by atoms with van der Waals surface area (Å²) in [5.74, 6) is -0.581. The number of allylic oxidation sites excluding steroid dienone is 1. The number of hydrogen-bond acceptors (Lipinski definition) is 6. The van der Waals surface area contributed by atoms with Crippen LogP contribution in [0.15, 0.2) is 70.2 Å². The molecule has 0 aliphatic carbocycles. The molecule has 0 saturated heterocycles. The van der Waals surface area contributed by atoms with Crippen molar-refractivity contribution in [1.29, 1.82) is 0 Å². The lowest BCUT2D eigenvalue weighted by Crippen LogP contribution is -2.24. The van der Waals surface area contributed by atoms with Gasteiger partial charge in [0.2, 0.25) is 0 Å². The second kappa shape index (κ2) is 11.5. The van der Waals surface area contributed by atoms with E-state index in [-0.39, 0.29) is 30.5 Å². The van der Waals surface area contributed by atoms with E-state index < -0.39 is 5.97 Å². The molecule has 2 rings (SSSR count). The fourth-order valence-electron chi connectivity index (χ4n) is 2.18. The highest BCUT2D eigenvalue weighted by Crippen LogP contribution is 2.17. The Balaban J connectivity index is 2.09. The highest BCUT2D eigenvalue weighted by Gasteiger charge is 2.12. The van der Waals surface area contributed by atoms with Crippen LogP contribution in [0.2, 0.25) is 0 Å². The molecule has 28 heavy (non-hydrogen) atoms. The molecule has 0 heterocycles. The van der Waals surface area contributed by atoms with Crippen molar-refractivity contribution in [2.75, 3.05) is 18.9 Å². The fourth-order valence-corrected chi connectivity index (χ4v) is 3.26. The van der Waals surface area contributed by atoms with Crippen LogP contribution in [0.5, 0.6) is 0 Å². The maximum atomic E-state index is 12.5. The number of hydrogen-bond donors (Lipinski definition) is 1. The number of thioether (sulfide) groups is 1. The predicted octanol–water partition coefficient (Wildman–Crippen LogP) is 4.24. The Kier molecular flexibility index (Phi) is 8.97. The number of carbonyl (C=O) groups excluding carboxylic acids is 3. The van der Waals surface area contributed by atoms with Crippen molar-refractivity contribution in [2.45, 2.75) is 6.92 Å². The highest BCUT2D eigenvalue weighted by atomic mass is 79.9. The molecule has 5 nitrogen and oxygen atoms in total. The van der Waals surface area contributed by atoms with E-state index in [1.165, 1.54) is 17.8 Å². The molecule has 0 spiro atoms. The van der Waals surface area contributed by atoms with Crippen LogP contribution in [0, 0.1) is 0 Å². The maximum Gasteiger partial charge on any atom is 0.325 e. The molecule has 2 aromatic carbocycles. The molecule has 0 amide bonds. The number of ketones is 2. The van der Waals surface area contributed by atoms with Crippen LogP contribution in [0.1, 0.15) is 27.6 Å². The van der Waals surface area contributed by atoms with Gasteiger partial charge >= 0.3 is 5.97 Å². The first-order valence-electron chi connectivity index (χ1n) is 8.61. The lowest BCUT2D eigenvalue weighted by Gasteiger charge is -2.10. The number of halogens is 1. The third kappa shape index (κ3) is 7.32. The molecule has 0 aliphatic rings. The van der Waals surface area contributed by atoms with Crippen molar-refractivity contribution in [2.24, 2.45) is 0 Å². The zero-order valence-electron chi connectivity index (χ0n) is 15.3. The Morgan fingerprint density at radius 1 is 1.04 bits per heavy atom. The summed E-state index contributed by atoms with van der Waals surface area (Å²) >= 11 is 4.51. The molecule has 0 bridgehead atoms. The second-order valence-electron chi connectivity index (χ2n) is 5.62. The second-order valence-corrected chi connectivity index (χ2v) is 7.55. The molecule has 1 N–H and O–H groups in total. The lowest BCUT2D eigenvalue weighted by atomic mass is 10.1. The first-order valence-corrected chi connectivity index (χ1v) is 10.4. The summed E-state index contributed by atoms with van der Waals surface area (Å²) in [6.45, 7) is 1.91. The minimum absolute atomic E-state index is 0.0643. The van der Waals surface area contributed by atoms with Gasteiger partial charge in [0.05, 0.1) is 17.4 Å². The topological polar surface area (TPSA) is 72.5 Å². The quantitative estimate of drug-likeness (QED) is 0.324. The molecule has 0 saturated carbocycles. The largest absolute Gasteiger partial charge is 0.465 e. The van der Waals surface area contributed by atoms with E-state index in [1.807, 2.05) is 6.07 Å². The minimum atomic E-state index is -0.431. The van der Waals surface area contributed by atoms with Gasteiger partial charge in [0.25, 0.3) is 0 Å². The van der Waals surface area contributed by atoms with Gasteiger partial charge in [0, 0.05) is 21.7 Å². The fraction of sp³-hybridized carbons (Fsp3) is 0.190. The molecule has 0 unspecified atom stereocenters. The van der Waals surface area contributed by atoms with Crippen LogP contribution in [0.3, 0.4) is 0 Å². The van der Waals surface area contributed by atoms with Gasteiger partial charge in [-0.1, -0.05) is 46.3 Å². The molecule has 0 atom stereocenters. The van der Waals surface area contributed by atoms with Gasteiger partial charge < -0.3 is 10.1 Å². The number of Topliss-reactive ketones (excluding diaryl/α,β-unsaturated/α-hetero) is 1. The van der Waals surface area contributed by atoms with E-state index >= 15 is 0 Å². The number of esters is 1. The maximum absolute atomic E-state index is 12.5. The molecule has 0 fully saturated rings. The number of nitrogens with one attached hydrogen (secondary N) is 1. The van der Waals surface area contributed by atoms with Crippen molar-refractivity contribution >= 4 is 45.2 Å². The molecular weight excluding hydrogens is 442 g/mol. The highest BCUT2D eigenvalue weighted by molar-refractivity contribution is 9.10. The van der Waals surface area contributed by atoms with Gasteiger partial charge in [-0.2, -0.15) is 0 Å². The molecule has 0 radical (unpaired) electrons. The van der Waals surface area contributed by atoms with Crippen LogP contribution in [0.25, 0.3) is 0 Å². The summed E-state index contributed by atoms with van der Waals surface area (Å²) in [5.41, 5.74) is 1.10. The van der Waals surface area contributed by atoms with E-state index in [2.05, 4.69) is 21.2 Å². The normalized spacial score (nSPS) is 11.0. The van der Waals surface area contributed by atoms with E-state index in [9.17, 15) is 14.4 Å². The zero-order chi connectivity index (χ0) is 20.4. The Morgan fingerprint density at radius 2 is 1.71 bits per heavy atom. The Bertz CT molecular complexity index is 850. The number of rotatable bonds is 10. The summed E-state index contributed by atoms with van der Waals surface area (Å²) < 4.78 is 5.77. The third-order valence-corrected chi connectivity index (χ3v) is 5.07. The van der Waals surface area contributed by atoms with Gasteiger partial charge in [0.1, 0.15) is 6.54 Å². The summed E-state index contributed by atoms with van der Waals surface area (Å²) in [6.07, 6.45) is 1.39. The molecule has 0 aromatic heterocycles. The van der Waals surface area contributed by atoms with Crippen LogP contribution in [-0.2, 0) is 9.53 Å². The molecule has 146 valence electrons. The average Bonchev–Trinajstić information content (AvgIpc) is 2.71. The van der Waals surface area contributed by atoms with Crippen LogP contribution in [0.4, 0.5) is 0 Å². The van der Waals surface area contributed by atoms with Crippen molar-refractivity contribution in [1.82, 2.24) is 5.32 Å². The SMILES string of the molecule is CCOC(=O)CN/C(=C\C(=O)c1ccc(Br)cc1)SCC(=O)c1ccccc1. The van der Waals surface area contributed by atoms with E-state index in [0.717, 1.165) is 4.47 Å². The molecule has 0 aliphatic heterocycles. The lowest BCUT2D eigenvalue weighted by molar-refractivity contribution is -0.141. The van der Waals surface area contributed by atoms with Gasteiger partial charge in [0.15, 0.2) is 11.6 Å². The first kappa shape index (κ1) is 21.9. The van der Waals surface area contributed by atoms with Crippen molar-refractivity contribution in [3.05, 3.63) is 81.3 Å². The van der Waals surface area contributed by atoms with Gasteiger partial charge in [-0.15, -0.1) is 11.8 Å². The summed E-state index contributed by atoms with van der Waals surface area (Å²) in [6, 6.07) is 15.9. The number of ether oxygens (including phenoxy) is 1. The third-order valence-electron chi connectivity index (χ3n) is 3.56. The van der Waals surface area contributed by atoms with Crippen LogP contribution >= 0.6 is 27.7 Å². The van der Waals surface area contributed by atoms with Crippen molar-refractivity contribution in [3.8, 4) is 0 Å². The van der Waals surface area contributed by atoms with Crippen molar-refractivity contribution in [3.63, 3.8) is 0 Å². The van der Waals surface area contributed by atoms with Gasteiger partial charge in [-0.3, -0.25) is 14.4 Å². The van der Waals surface area contributed by atoms with E-state index in [1.54, 1.807) is 55.5 Å².